The third kappa shape index (κ3) is 5.42. The Kier molecular flexibility index (Phi) is 6.57. The molecule has 6 nitrogen and oxygen atoms in total. The Labute approximate surface area is 154 Å². The van der Waals surface area contributed by atoms with Gasteiger partial charge in [-0.25, -0.2) is 4.98 Å². The molecule has 2 atom stereocenters. The maximum atomic E-state index is 13.1. The Bertz CT molecular complexity index is 740. The third-order valence-electron chi connectivity index (χ3n) is 3.67. The highest BCUT2D eigenvalue weighted by atomic mass is 35.5. The van der Waals surface area contributed by atoms with E-state index in [-0.39, 0.29) is 35.3 Å². The summed E-state index contributed by atoms with van der Waals surface area (Å²) in [5.74, 6) is 0.130. The molecule has 0 aliphatic rings. The van der Waals surface area contributed by atoms with Crippen molar-refractivity contribution in [3.8, 4) is 11.5 Å². The molecule has 0 aliphatic heterocycles. The van der Waals surface area contributed by atoms with E-state index in [9.17, 15) is 13.2 Å². The number of nitrogens with zero attached hydrogens (tertiary/aromatic N) is 4. The fourth-order valence-electron chi connectivity index (χ4n) is 2.05. The molecule has 142 valence electrons. The summed E-state index contributed by atoms with van der Waals surface area (Å²) in [4.78, 5) is 16.5. The molecule has 0 fully saturated rings. The summed E-state index contributed by atoms with van der Waals surface area (Å²) in [6, 6.07) is 3.14. The standard InChI is InChI=1S/C16H20ClF3N6/c1-4-9(3)21-14-24-13(10-7-6-8-12(17)22-10)25-15(26-14)23-11(5-2)16(18,19)20/h6-9,11H,4-5H2,1-3H3,(H2,21,23,24,25,26)/t9-,11+/m0/s1. The van der Waals surface area contributed by atoms with Crippen molar-refractivity contribution in [2.24, 2.45) is 0 Å². The van der Waals surface area contributed by atoms with Crippen LogP contribution in [0.25, 0.3) is 11.5 Å². The van der Waals surface area contributed by atoms with E-state index in [1.54, 1.807) is 18.2 Å². The van der Waals surface area contributed by atoms with E-state index >= 15 is 0 Å². The Balaban J connectivity index is 2.43. The first kappa shape index (κ1) is 20.2. The summed E-state index contributed by atoms with van der Waals surface area (Å²) >= 11 is 5.89. The van der Waals surface area contributed by atoms with Crippen molar-refractivity contribution in [2.75, 3.05) is 10.6 Å². The largest absolute Gasteiger partial charge is 0.408 e. The van der Waals surface area contributed by atoms with Gasteiger partial charge in [0.15, 0.2) is 5.82 Å². The molecule has 0 aromatic carbocycles. The van der Waals surface area contributed by atoms with Gasteiger partial charge in [-0.05, 0) is 31.9 Å². The van der Waals surface area contributed by atoms with Gasteiger partial charge in [-0.3, -0.25) is 0 Å². The predicted octanol–water partition coefficient (Wildman–Crippen LogP) is 4.55. The van der Waals surface area contributed by atoms with Crippen molar-refractivity contribution in [3.05, 3.63) is 23.4 Å². The van der Waals surface area contributed by atoms with Crippen LogP contribution in [0.15, 0.2) is 18.2 Å². The fraction of sp³-hybridized carbons (Fsp3) is 0.500. The molecule has 0 spiro atoms. The lowest BCUT2D eigenvalue weighted by Gasteiger charge is -2.21. The van der Waals surface area contributed by atoms with Gasteiger partial charge in [0.2, 0.25) is 11.9 Å². The van der Waals surface area contributed by atoms with Crippen LogP contribution >= 0.6 is 11.6 Å². The van der Waals surface area contributed by atoms with Crippen molar-refractivity contribution in [3.63, 3.8) is 0 Å². The molecule has 2 rings (SSSR count). The Hall–Kier alpha value is -2.16. The molecule has 0 radical (unpaired) electrons. The van der Waals surface area contributed by atoms with Crippen LogP contribution in [-0.4, -0.2) is 38.2 Å². The summed E-state index contributed by atoms with van der Waals surface area (Å²) in [7, 11) is 0. The number of halogens is 4. The van der Waals surface area contributed by atoms with Crippen molar-refractivity contribution < 1.29 is 13.2 Å². The lowest BCUT2D eigenvalue weighted by atomic mass is 10.2. The summed E-state index contributed by atoms with van der Waals surface area (Å²) in [5.41, 5.74) is 0.343. The Morgan fingerprint density at radius 2 is 1.65 bits per heavy atom. The molecule has 26 heavy (non-hydrogen) atoms. The zero-order chi connectivity index (χ0) is 19.3. The van der Waals surface area contributed by atoms with Gasteiger partial charge in [-0.15, -0.1) is 0 Å². The first-order valence-electron chi connectivity index (χ1n) is 8.21. The second-order valence-corrected chi connectivity index (χ2v) is 6.14. The highest BCUT2D eigenvalue weighted by Gasteiger charge is 2.38. The number of anilines is 2. The van der Waals surface area contributed by atoms with Crippen LogP contribution in [0.1, 0.15) is 33.6 Å². The van der Waals surface area contributed by atoms with Crippen LogP contribution in [0.2, 0.25) is 5.15 Å². The minimum Gasteiger partial charge on any atom is -0.352 e. The smallest absolute Gasteiger partial charge is 0.352 e. The second-order valence-electron chi connectivity index (χ2n) is 5.75. The number of aromatic nitrogens is 4. The molecule has 0 amide bonds. The molecule has 2 aromatic heterocycles. The van der Waals surface area contributed by atoms with E-state index in [1.165, 1.54) is 6.92 Å². The first-order valence-corrected chi connectivity index (χ1v) is 8.59. The van der Waals surface area contributed by atoms with Crippen LogP contribution in [0.3, 0.4) is 0 Å². The van der Waals surface area contributed by atoms with E-state index in [2.05, 4.69) is 30.6 Å². The van der Waals surface area contributed by atoms with Crippen molar-refractivity contribution >= 4 is 23.5 Å². The first-order chi connectivity index (χ1) is 12.2. The predicted molar refractivity (Wildman–Crippen MR) is 95.2 cm³/mol. The molecule has 2 N–H and O–H groups in total. The van der Waals surface area contributed by atoms with Crippen molar-refractivity contribution in [1.29, 1.82) is 0 Å². The fourth-order valence-corrected chi connectivity index (χ4v) is 2.21. The van der Waals surface area contributed by atoms with Gasteiger partial charge in [0, 0.05) is 6.04 Å². The maximum absolute atomic E-state index is 13.1. The number of hydrogen-bond acceptors (Lipinski definition) is 6. The van der Waals surface area contributed by atoms with Crippen LogP contribution in [0, 0.1) is 0 Å². The quantitative estimate of drug-likeness (QED) is 0.678. The molecule has 0 unspecified atom stereocenters. The van der Waals surface area contributed by atoms with Gasteiger partial charge >= 0.3 is 6.18 Å². The average molecular weight is 389 g/mol. The maximum Gasteiger partial charge on any atom is 0.408 e. The lowest BCUT2D eigenvalue weighted by molar-refractivity contribution is -0.143. The van der Waals surface area contributed by atoms with Gasteiger partial charge < -0.3 is 10.6 Å². The van der Waals surface area contributed by atoms with E-state index in [0.29, 0.717) is 5.69 Å². The van der Waals surface area contributed by atoms with Crippen molar-refractivity contribution in [1.82, 2.24) is 19.9 Å². The number of rotatable bonds is 7. The van der Waals surface area contributed by atoms with Gasteiger partial charge in [0.1, 0.15) is 16.9 Å². The molecule has 0 saturated heterocycles. The van der Waals surface area contributed by atoms with E-state index in [0.717, 1.165) is 6.42 Å². The topological polar surface area (TPSA) is 75.6 Å². The summed E-state index contributed by atoms with van der Waals surface area (Å²) < 4.78 is 39.2. The highest BCUT2D eigenvalue weighted by molar-refractivity contribution is 6.29. The minimum absolute atomic E-state index is 0.0370. The summed E-state index contributed by atoms with van der Waals surface area (Å²) in [5, 5.41) is 5.61. The third-order valence-corrected chi connectivity index (χ3v) is 3.88. The molecule has 0 aliphatic carbocycles. The molecule has 10 heteroatoms. The molecule has 2 aromatic rings. The Morgan fingerprint density at radius 3 is 2.19 bits per heavy atom. The SMILES string of the molecule is CC[C@H](C)Nc1nc(N[C@H](CC)C(F)(F)F)nc(-c2cccc(Cl)n2)n1. The van der Waals surface area contributed by atoms with E-state index < -0.39 is 12.2 Å². The molecular formula is C16H20ClF3N6. The van der Waals surface area contributed by atoms with Gasteiger partial charge in [0.25, 0.3) is 0 Å². The van der Waals surface area contributed by atoms with Crippen LogP contribution in [-0.2, 0) is 0 Å². The van der Waals surface area contributed by atoms with Crippen LogP contribution < -0.4 is 10.6 Å². The second kappa shape index (κ2) is 8.48. The van der Waals surface area contributed by atoms with Crippen molar-refractivity contribution in [2.45, 2.75) is 51.9 Å². The van der Waals surface area contributed by atoms with Gasteiger partial charge in [-0.1, -0.05) is 31.5 Å². The minimum atomic E-state index is -4.42. The van der Waals surface area contributed by atoms with Crippen LogP contribution in [0.5, 0.6) is 0 Å². The number of nitrogens with one attached hydrogen (secondary N) is 2. The van der Waals surface area contributed by atoms with E-state index in [1.807, 2.05) is 13.8 Å². The zero-order valence-electron chi connectivity index (χ0n) is 14.6. The van der Waals surface area contributed by atoms with E-state index in [4.69, 9.17) is 11.6 Å². The molecular weight excluding hydrogens is 369 g/mol. The van der Waals surface area contributed by atoms with Crippen LogP contribution in [0.4, 0.5) is 25.1 Å². The number of alkyl halides is 3. The molecule has 0 bridgehead atoms. The number of pyridine rings is 1. The van der Waals surface area contributed by atoms with Gasteiger partial charge in [0.05, 0.1) is 0 Å². The molecule has 2 heterocycles. The molecule has 0 saturated carbocycles. The average Bonchev–Trinajstić information content (AvgIpc) is 2.58. The summed E-state index contributed by atoms with van der Waals surface area (Å²) in [6.45, 7) is 5.32. The normalized spacial score (nSPS) is 14.0. The number of hydrogen-bond donors (Lipinski definition) is 2. The lowest BCUT2D eigenvalue weighted by Crippen LogP contribution is -2.36. The summed E-state index contributed by atoms with van der Waals surface area (Å²) in [6.07, 6.45) is -3.78. The van der Waals surface area contributed by atoms with Gasteiger partial charge in [-0.2, -0.15) is 28.1 Å². The highest BCUT2D eigenvalue weighted by Crippen LogP contribution is 2.26. The monoisotopic (exact) mass is 388 g/mol. The zero-order valence-corrected chi connectivity index (χ0v) is 15.4. The Morgan fingerprint density at radius 1 is 1.00 bits per heavy atom.